The average molecular weight is 385 g/mol. The number of carbonyl (C=O) groups is 1. The fraction of sp³-hybridized carbons (Fsp3) is 0.158. The number of ether oxygens (including phenoxy) is 1. The van der Waals surface area contributed by atoms with Crippen molar-refractivity contribution in [2.24, 2.45) is 0 Å². The van der Waals surface area contributed by atoms with Crippen LogP contribution in [-0.2, 0) is 4.79 Å². The highest BCUT2D eigenvalue weighted by molar-refractivity contribution is 9.10. The van der Waals surface area contributed by atoms with Crippen LogP contribution >= 0.6 is 15.9 Å². The highest BCUT2D eigenvalue weighted by Gasteiger charge is 2.06. The molecule has 0 saturated carbocycles. The lowest BCUT2D eigenvalue weighted by molar-refractivity contribution is -0.116. The van der Waals surface area contributed by atoms with Crippen molar-refractivity contribution in [3.63, 3.8) is 0 Å². The van der Waals surface area contributed by atoms with Gasteiger partial charge in [-0.1, -0.05) is 28.1 Å². The number of hydrogen-bond donors (Lipinski definition) is 1. The maximum absolute atomic E-state index is 12.1. The largest absolute Gasteiger partial charge is 0.494 e. The number of fused-ring (bicyclic) bond motifs is 1. The summed E-state index contributed by atoms with van der Waals surface area (Å²) in [7, 11) is 0. The first-order valence-electron chi connectivity index (χ1n) is 7.74. The number of amides is 1. The van der Waals surface area contributed by atoms with E-state index >= 15 is 0 Å². The zero-order valence-electron chi connectivity index (χ0n) is 13.0. The fourth-order valence-corrected chi connectivity index (χ4v) is 2.78. The molecule has 122 valence electrons. The molecule has 1 amide bonds. The van der Waals surface area contributed by atoms with E-state index in [1.165, 1.54) is 0 Å². The van der Waals surface area contributed by atoms with E-state index in [1.807, 2.05) is 54.6 Å². The van der Waals surface area contributed by atoms with Crippen LogP contribution in [0.4, 0.5) is 5.69 Å². The van der Waals surface area contributed by atoms with Crippen molar-refractivity contribution in [2.75, 3.05) is 11.9 Å². The number of benzene rings is 2. The summed E-state index contributed by atoms with van der Waals surface area (Å²) in [5, 5.41) is 3.89. The van der Waals surface area contributed by atoms with Crippen LogP contribution in [0.15, 0.2) is 65.3 Å². The average Bonchev–Trinajstić information content (AvgIpc) is 2.59. The third-order valence-electron chi connectivity index (χ3n) is 3.53. The molecule has 0 aliphatic rings. The van der Waals surface area contributed by atoms with Crippen molar-refractivity contribution in [3.05, 3.63) is 65.3 Å². The van der Waals surface area contributed by atoms with Crippen LogP contribution in [0.25, 0.3) is 10.9 Å². The Bertz CT molecular complexity index is 846. The smallest absolute Gasteiger partial charge is 0.224 e. The molecule has 0 aliphatic heterocycles. The molecule has 3 aromatic rings. The Labute approximate surface area is 149 Å². The van der Waals surface area contributed by atoms with Gasteiger partial charge in [0.2, 0.25) is 5.91 Å². The quantitative estimate of drug-likeness (QED) is 0.621. The van der Waals surface area contributed by atoms with E-state index in [1.54, 1.807) is 6.20 Å². The van der Waals surface area contributed by atoms with Crippen molar-refractivity contribution in [1.82, 2.24) is 4.98 Å². The molecule has 0 bridgehead atoms. The highest BCUT2D eigenvalue weighted by atomic mass is 79.9. The lowest BCUT2D eigenvalue weighted by Gasteiger charge is -2.09. The van der Waals surface area contributed by atoms with Gasteiger partial charge in [0.05, 0.1) is 17.8 Å². The van der Waals surface area contributed by atoms with Crippen molar-refractivity contribution >= 4 is 38.4 Å². The lowest BCUT2D eigenvalue weighted by atomic mass is 10.1. The Morgan fingerprint density at radius 1 is 1.12 bits per heavy atom. The molecule has 3 rings (SSSR count). The van der Waals surface area contributed by atoms with Crippen LogP contribution in [-0.4, -0.2) is 17.5 Å². The minimum atomic E-state index is -0.0239. The molecule has 24 heavy (non-hydrogen) atoms. The molecule has 1 N–H and O–H groups in total. The summed E-state index contributed by atoms with van der Waals surface area (Å²) < 4.78 is 6.61. The molecule has 0 atom stereocenters. The van der Waals surface area contributed by atoms with E-state index < -0.39 is 0 Å². The predicted octanol–water partition coefficient (Wildman–Crippen LogP) is 4.80. The van der Waals surface area contributed by atoms with Crippen LogP contribution in [0, 0.1) is 0 Å². The standard InChI is InChI=1S/C19H17BrN2O2/c20-14-5-1-6-15(13-14)24-12-4-10-19(23)22-18-9-2-8-17-16(18)7-3-11-21-17/h1-3,5-9,11,13H,4,10,12H2,(H,22,23). The molecule has 0 spiro atoms. The highest BCUT2D eigenvalue weighted by Crippen LogP contribution is 2.21. The number of nitrogens with one attached hydrogen (secondary N) is 1. The molecule has 0 fully saturated rings. The van der Waals surface area contributed by atoms with E-state index in [0.29, 0.717) is 19.4 Å². The van der Waals surface area contributed by atoms with Crippen LogP contribution in [0.3, 0.4) is 0 Å². The maximum Gasteiger partial charge on any atom is 0.224 e. The summed E-state index contributed by atoms with van der Waals surface area (Å²) in [5.74, 6) is 0.772. The van der Waals surface area contributed by atoms with E-state index in [4.69, 9.17) is 4.74 Å². The Kier molecular flexibility index (Phi) is 5.43. The van der Waals surface area contributed by atoms with Crippen LogP contribution in [0.1, 0.15) is 12.8 Å². The Morgan fingerprint density at radius 3 is 2.88 bits per heavy atom. The molecule has 2 aromatic carbocycles. The van der Waals surface area contributed by atoms with Gasteiger partial charge in [0.1, 0.15) is 5.75 Å². The number of halogens is 1. The summed E-state index contributed by atoms with van der Waals surface area (Å²) in [6.45, 7) is 0.501. The second kappa shape index (κ2) is 7.93. The second-order valence-electron chi connectivity index (χ2n) is 5.33. The van der Waals surface area contributed by atoms with Gasteiger partial charge >= 0.3 is 0 Å². The van der Waals surface area contributed by atoms with E-state index in [9.17, 15) is 4.79 Å². The number of hydrogen-bond acceptors (Lipinski definition) is 3. The first kappa shape index (κ1) is 16.5. The van der Waals surface area contributed by atoms with Crippen LogP contribution in [0.2, 0.25) is 0 Å². The van der Waals surface area contributed by atoms with Gasteiger partial charge < -0.3 is 10.1 Å². The van der Waals surface area contributed by atoms with Crippen molar-refractivity contribution in [3.8, 4) is 5.75 Å². The zero-order chi connectivity index (χ0) is 16.8. The van der Waals surface area contributed by atoms with Gasteiger partial charge in [-0.15, -0.1) is 0 Å². The summed E-state index contributed by atoms with van der Waals surface area (Å²) >= 11 is 3.40. The first-order chi connectivity index (χ1) is 11.7. The van der Waals surface area contributed by atoms with E-state index in [-0.39, 0.29) is 5.91 Å². The number of anilines is 1. The fourth-order valence-electron chi connectivity index (χ4n) is 2.40. The number of aromatic nitrogens is 1. The molecular weight excluding hydrogens is 368 g/mol. The van der Waals surface area contributed by atoms with Gasteiger partial charge in [-0.05, 0) is 48.9 Å². The molecular formula is C19H17BrN2O2. The molecule has 4 nitrogen and oxygen atoms in total. The normalized spacial score (nSPS) is 10.5. The number of pyridine rings is 1. The van der Waals surface area contributed by atoms with Crippen molar-refractivity contribution in [1.29, 1.82) is 0 Å². The summed E-state index contributed by atoms with van der Waals surface area (Å²) in [5.41, 5.74) is 1.66. The SMILES string of the molecule is O=C(CCCOc1cccc(Br)c1)Nc1cccc2ncccc12. The third-order valence-corrected chi connectivity index (χ3v) is 4.03. The number of carbonyl (C=O) groups excluding carboxylic acids is 1. The molecule has 0 radical (unpaired) electrons. The minimum Gasteiger partial charge on any atom is -0.494 e. The lowest BCUT2D eigenvalue weighted by Crippen LogP contribution is -2.13. The topological polar surface area (TPSA) is 51.2 Å². The van der Waals surface area contributed by atoms with Gasteiger partial charge in [0.25, 0.3) is 0 Å². The van der Waals surface area contributed by atoms with Gasteiger partial charge in [0.15, 0.2) is 0 Å². The summed E-state index contributed by atoms with van der Waals surface area (Å²) in [6, 6.07) is 17.2. The van der Waals surface area contributed by atoms with Crippen molar-refractivity contribution < 1.29 is 9.53 Å². The Balaban J connectivity index is 1.50. The molecule has 0 saturated heterocycles. The summed E-state index contributed by atoms with van der Waals surface area (Å²) in [4.78, 5) is 16.4. The van der Waals surface area contributed by atoms with Crippen LogP contribution < -0.4 is 10.1 Å². The second-order valence-corrected chi connectivity index (χ2v) is 6.25. The monoisotopic (exact) mass is 384 g/mol. The maximum atomic E-state index is 12.1. The number of nitrogens with zero attached hydrogens (tertiary/aromatic N) is 1. The summed E-state index contributed by atoms with van der Waals surface area (Å²) in [6.07, 6.45) is 2.80. The van der Waals surface area contributed by atoms with Crippen molar-refractivity contribution in [2.45, 2.75) is 12.8 Å². The molecule has 0 unspecified atom stereocenters. The van der Waals surface area contributed by atoms with Gasteiger partial charge in [-0.2, -0.15) is 0 Å². The Morgan fingerprint density at radius 2 is 2.00 bits per heavy atom. The van der Waals surface area contributed by atoms with E-state index in [2.05, 4.69) is 26.2 Å². The number of rotatable bonds is 6. The van der Waals surface area contributed by atoms with E-state index in [0.717, 1.165) is 26.8 Å². The molecule has 1 heterocycles. The van der Waals surface area contributed by atoms with Gasteiger partial charge in [0, 0.05) is 22.5 Å². The Hall–Kier alpha value is -2.40. The van der Waals surface area contributed by atoms with Gasteiger partial charge in [-0.25, -0.2) is 0 Å². The first-order valence-corrected chi connectivity index (χ1v) is 8.53. The minimum absolute atomic E-state index is 0.0239. The third kappa shape index (κ3) is 4.32. The zero-order valence-corrected chi connectivity index (χ0v) is 14.6. The molecule has 0 aliphatic carbocycles. The molecule has 1 aromatic heterocycles. The predicted molar refractivity (Wildman–Crippen MR) is 99.2 cm³/mol. The molecule has 5 heteroatoms. The van der Waals surface area contributed by atoms with Crippen LogP contribution in [0.5, 0.6) is 5.75 Å². The van der Waals surface area contributed by atoms with Gasteiger partial charge in [-0.3, -0.25) is 9.78 Å².